The number of carbonyl (C=O) groups is 3. The Morgan fingerprint density at radius 1 is 1.16 bits per heavy atom. The molecule has 2 saturated heterocycles. The van der Waals surface area contributed by atoms with Crippen LogP contribution < -0.4 is 15.0 Å². The molecule has 2 aliphatic heterocycles. The average Bonchev–Trinajstić information content (AvgIpc) is 3.10. The van der Waals surface area contributed by atoms with Crippen LogP contribution in [0.25, 0.3) is 0 Å². The Hall–Kier alpha value is -3.86. The molecule has 0 radical (unpaired) electrons. The number of aliphatic hydroxyl groups is 1. The number of methoxy groups -OCH3 is 1. The minimum absolute atomic E-state index is 0.0118. The van der Waals surface area contributed by atoms with E-state index in [1.807, 2.05) is 35.2 Å². The zero-order valence-corrected chi connectivity index (χ0v) is 25.5. The van der Waals surface area contributed by atoms with Crippen molar-refractivity contribution in [2.45, 2.75) is 70.7 Å². The molecule has 2 amide bonds. The molecular weight excluding hydrogens is 552 g/mol. The van der Waals surface area contributed by atoms with Gasteiger partial charge in [0.25, 0.3) is 0 Å². The van der Waals surface area contributed by atoms with Gasteiger partial charge in [0, 0.05) is 31.5 Å². The summed E-state index contributed by atoms with van der Waals surface area (Å²) in [5.74, 6) is 0.393. The monoisotopic (exact) mass is 594 g/mol. The fourth-order valence-corrected chi connectivity index (χ4v) is 7.42. The highest BCUT2D eigenvalue weighted by molar-refractivity contribution is 5.87. The van der Waals surface area contributed by atoms with Gasteiger partial charge in [-0.25, -0.2) is 9.78 Å². The van der Waals surface area contributed by atoms with Crippen LogP contribution >= 0.6 is 0 Å². The Bertz CT molecular complexity index is 1330. The predicted octanol–water partition coefficient (Wildman–Crippen LogP) is 3.99. The molecule has 1 saturated carbocycles. The van der Waals surface area contributed by atoms with Crippen molar-refractivity contribution in [2.75, 3.05) is 37.1 Å². The maximum atomic E-state index is 14.1. The molecule has 11 nitrogen and oxygen atoms in total. The van der Waals surface area contributed by atoms with Crippen LogP contribution in [0.3, 0.4) is 0 Å². The van der Waals surface area contributed by atoms with Crippen LogP contribution in [0.15, 0.2) is 42.6 Å². The van der Waals surface area contributed by atoms with E-state index < -0.39 is 17.2 Å². The highest BCUT2D eigenvalue weighted by Crippen LogP contribution is 2.59. The predicted molar refractivity (Wildman–Crippen MR) is 160 cm³/mol. The quantitative estimate of drug-likeness (QED) is 0.414. The summed E-state index contributed by atoms with van der Waals surface area (Å²) in [6.07, 6.45) is 2.23. The zero-order valence-electron chi connectivity index (χ0n) is 25.5. The van der Waals surface area contributed by atoms with E-state index in [0.717, 1.165) is 11.3 Å². The summed E-state index contributed by atoms with van der Waals surface area (Å²) in [7, 11) is 1.61. The van der Waals surface area contributed by atoms with Crippen molar-refractivity contribution in [1.82, 2.24) is 9.88 Å². The van der Waals surface area contributed by atoms with E-state index in [9.17, 15) is 19.5 Å². The lowest BCUT2D eigenvalue weighted by Gasteiger charge is -2.59. The Labute approximate surface area is 252 Å². The van der Waals surface area contributed by atoms with Crippen molar-refractivity contribution < 1.29 is 33.7 Å². The van der Waals surface area contributed by atoms with Crippen LogP contribution in [-0.4, -0.2) is 77.0 Å². The first-order chi connectivity index (χ1) is 20.5. The summed E-state index contributed by atoms with van der Waals surface area (Å²) in [6, 6.07) is 10.8. The van der Waals surface area contributed by atoms with Crippen molar-refractivity contribution in [1.29, 1.82) is 0 Å². The molecule has 5 rings (SSSR count). The van der Waals surface area contributed by atoms with Crippen LogP contribution in [0.5, 0.6) is 5.75 Å². The molecule has 5 atom stereocenters. The summed E-state index contributed by atoms with van der Waals surface area (Å²) >= 11 is 0. The highest BCUT2D eigenvalue weighted by Gasteiger charge is 2.70. The van der Waals surface area contributed by atoms with Crippen molar-refractivity contribution in [2.24, 2.45) is 17.8 Å². The van der Waals surface area contributed by atoms with Gasteiger partial charge in [-0.1, -0.05) is 12.1 Å². The van der Waals surface area contributed by atoms with Crippen molar-refractivity contribution in [3.8, 4) is 5.75 Å². The maximum Gasteiger partial charge on any atom is 0.412 e. The summed E-state index contributed by atoms with van der Waals surface area (Å²) in [6.45, 7) is 8.20. The Morgan fingerprint density at radius 2 is 1.91 bits per heavy atom. The summed E-state index contributed by atoms with van der Waals surface area (Å²) in [5.41, 5.74) is -0.129. The number of carbonyl (C=O) groups excluding carboxylic acids is 3. The number of piperidine rings is 1. The SMILES string of the molecule is CCOC(=O)C[C@@]12[C@H]3CCN(c4ccc(NC(=O)OC(C)(C)C)cn4)[C@@H]1[C@@H](CO)C[C@H]3C(=O)N2Cc1ccc(OC)cc1. The molecule has 1 aliphatic carbocycles. The number of anilines is 2. The summed E-state index contributed by atoms with van der Waals surface area (Å²) in [4.78, 5) is 48.4. The number of hydrogen-bond donors (Lipinski definition) is 2. The Morgan fingerprint density at radius 3 is 2.51 bits per heavy atom. The topological polar surface area (TPSA) is 131 Å². The number of likely N-dealkylation sites (tertiary alicyclic amines) is 1. The second kappa shape index (κ2) is 12.0. The third kappa shape index (κ3) is 5.87. The van der Waals surface area contributed by atoms with Gasteiger partial charge in [-0.15, -0.1) is 0 Å². The number of pyridine rings is 1. The second-order valence-corrected chi connectivity index (χ2v) is 12.6. The van der Waals surface area contributed by atoms with Crippen molar-refractivity contribution >= 4 is 29.5 Å². The van der Waals surface area contributed by atoms with Crippen LogP contribution in [-0.2, 0) is 25.6 Å². The van der Waals surface area contributed by atoms with E-state index in [1.54, 1.807) is 47.1 Å². The normalized spacial score (nSPS) is 26.2. The molecule has 3 heterocycles. The first kappa shape index (κ1) is 30.6. The van der Waals surface area contributed by atoms with Gasteiger partial charge in [0.05, 0.1) is 43.6 Å². The average molecular weight is 595 g/mol. The van der Waals surface area contributed by atoms with Gasteiger partial charge in [-0.05, 0) is 76.3 Å². The molecule has 2 aromatic rings. The molecule has 1 aromatic carbocycles. The number of hydrogen-bond acceptors (Lipinski definition) is 9. The number of ether oxygens (including phenoxy) is 3. The smallest absolute Gasteiger partial charge is 0.412 e. The van der Waals surface area contributed by atoms with E-state index in [4.69, 9.17) is 14.2 Å². The molecule has 2 N–H and O–H groups in total. The van der Waals surface area contributed by atoms with Crippen LogP contribution in [0.4, 0.5) is 16.3 Å². The van der Waals surface area contributed by atoms with Gasteiger partial charge >= 0.3 is 12.1 Å². The zero-order chi connectivity index (χ0) is 30.9. The third-order valence-electron chi connectivity index (χ3n) is 8.90. The number of esters is 1. The lowest BCUT2D eigenvalue weighted by Crippen LogP contribution is -2.71. The van der Waals surface area contributed by atoms with Crippen molar-refractivity contribution in [3.05, 3.63) is 48.2 Å². The number of benzene rings is 1. The number of amides is 2. The number of nitrogens with zero attached hydrogens (tertiary/aromatic N) is 3. The van der Waals surface area contributed by atoms with E-state index in [-0.39, 0.29) is 55.3 Å². The molecule has 0 spiro atoms. The van der Waals surface area contributed by atoms with Crippen LogP contribution in [0.2, 0.25) is 0 Å². The van der Waals surface area contributed by atoms with Crippen molar-refractivity contribution in [3.63, 3.8) is 0 Å². The molecule has 4 bridgehead atoms. The number of nitrogens with one attached hydrogen (secondary N) is 1. The van der Waals surface area contributed by atoms with Crippen LogP contribution in [0.1, 0.15) is 52.5 Å². The summed E-state index contributed by atoms with van der Waals surface area (Å²) in [5, 5.41) is 13.4. The molecule has 3 fully saturated rings. The van der Waals surface area contributed by atoms with E-state index in [2.05, 4.69) is 15.2 Å². The van der Waals surface area contributed by atoms with Gasteiger partial charge in [-0.2, -0.15) is 0 Å². The fraction of sp³-hybridized carbons (Fsp3) is 0.562. The van der Waals surface area contributed by atoms with Gasteiger partial charge in [0.2, 0.25) is 5.91 Å². The van der Waals surface area contributed by atoms with E-state index >= 15 is 0 Å². The van der Waals surface area contributed by atoms with E-state index in [1.165, 1.54) is 0 Å². The van der Waals surface area contributed by atoms with E-state index in [0.29, 0.717) is 37.4 Å². The molecule has 232 valence electrons. The third-order valence-corrected chi connectivity index (χ3v) is 8.90. The first-order valence-electron chi connectivity index (χ1n) is 14.9. The Kier molecular flexibility index (Phi) is 8.56. The molecule has 43 heavy (non-hydrogen) atoms. The summed E-state index contributed by atoms with van der Waals surface area (Å²) < 4.78 is 16.1. The minimum Gasteiger partial charge on any atom is -0.497 e. The fourth-order valence-electron chi connectivity index (χ4n) is 7.42. The number of rotatable bonds is 9. The highest BCUT2D eigenvalue weighted by atomic mass is 16.6. The molecule has 1 aromatic heterocycles. The number of aliphatic hydroxyl groups excluding tert-OH is 1. The minimum atomic E-state index is -0.896. The maximum absolute atomic E-state index is 14.1. The standard InChI is InChI=1S/C32H42N4O7/c1-6-42-27(38)16-32-25-13-14-35(26-12-9-22(17-33-26)34-30(40)43-31(2,3)4)28(32)21(19-37)15-24(25)29(39)36(32)18-20-7-10-23(41-5)11-8-20/h7-12,17,21,24-25,28,37H,6,13-16,18-19H2,1-5H3,(H,34,40)/t21-,24-,25+,28-,32-/m1/s1. The van der Waals surface area contributed by atoms with Crippen LogP contribution in [0, 0.1) is 17.8 Å². The number of aromatic nitrogens is 1. The Balaban J connectivity index is 1.52. The van der Waals surface area contributed by atoms with Gasteiger partial charge in [-0.3, -0.25) is 14.9 Å². The largest absolute Gasteiger partial charge is 0.497 e. The van der Waals surface area contributed by atoms with Gasteiger partial charge < -0.3 is 29.1 Å². The van der Waals surface area contributed by atoms with Gasteiger partial charge in [0.1, 0.15) is 17.2 Å². The molecular formula is C32H42N4O7. The second-order valence-electron chi connectivity index (χ2n) is 12.6. The van der Waals surface area contributed by atoms with Gasteiger partial charge in [0.15, 0.2) is 0 Å². The molecule has 11 heteroatoms. The molecule has 0 unspecified atom stereocenters. The lowest BCUT2D eigenvalue weighted by molar-refractivity contribution is -0.150. The first-order valence-corrected chi connectivity index (χ1v) is 14.9. The molecule has 3 aliphatic rings. The lowest BCUT2D eigenvalue weighted by atomic mass is 9.58.